The molecule has 0 aliphatic carbocycles. The Morgan fingerprint density at radius 2 is 2.00 bits per heavy atom. The van der Waals surface area contributed by atoms with Gasteiger partial charge < -0.3 is 10.6 Å². The molecule has 1 rings (SSSR count). The van der Waals surface area contributed by atoms with Gasteiger partial charge in [0.1, 0.15) is 0 Å². The highest BCUT2D eigenvalue weighted by Crippen LogP contribution is 2.14. The van der Waals surface area contributed by atoms with E-state index in [1.54, 1.807) is 11.8 Å². The molecular weight excluding hydrogens is 220 g/mol. The van der Waals surface area contributed by atoms with Crippen molar-refractivity contribution >= 4 is 17.7 Å². The lowest BCUT2D eigenvalue weighted by Gasteiger charge is -2.06. The molecule has 4 heteroatoms. The van der Waals surface area contributed by atoms with Crippen molar-refractivity contribution < 1.29 is 4.79 Å². The van der Waals surface area contributed by atoms with Crippen LogP contribution in [0.4, 0.5) is 0 Å². The predicted octanol–water partition coefficient (Wildman–Crippen LogP) is 1.63. The van der Waals surface area contributed by atoms with Crippen LogP contribution in [0, 0.1) is 0 Å². The maximum absolute atomic E-state index is 11.3. The summed E-state index contributed by atoms with van der Waals surface area (Å²) in [5, 5.41) is 5.85. The van der Waals surface area contributed by atoms with E-state index >= 15 is 0 Å². The number of hydrogen-bond donors (Lipinski definition) is 2. The van der Waals surface area contributed by atoms with E-state index in [-0.39, 0.29) is 5.91 Å². The number of amides is 1. The lowest BCUT2D eigenvalue weighted by Crippen LogP contribution is -2.33. The average molecular weight is 238 g/mol. The molecule has 0 bridgehead atoms. The van der Waals surface area contributed by atoms with Crippen LogP contribution in [0.15, 0.2) is 29.2 Å². The van der Waals surface area contributed by atoms with Crippen LogP contribution in [0.3, 0.4) is 0 Å². The second-order valence-electron chi connectivity index (χ2n) is 3.41. The predicted molar refractivity (Wildman–Crippen MR) is 68.6 cm³/mol. The number of carbonyl (C=O) groups excluding carboxylic acids is 1. The molecule has 0 spiro atoms. The minimum Gasteiger partial charge on any atom is -0.351 e. The maximum atomic E-state index is 11.3. The van der Waals surface area contributed by atoms with Crippen molar-refractivity contribution in [2.45, 2.75) is 18.4 Å². The van der Waals surface area contributed by atoms with Gasteiger partial charge in [0.15, 0.2) is 0 Å². The summed E-state index contributed by atoms with van der Waals surface area (Å²) in [6.07, 6.45) is 2.05. The van der Waals surface area contributed by atoms with Crippen LogP contribution in [-0.4, -0.2) is 25.3 Å². The summed E-state index contributed by atoms with van der Waals surface area (Å²) in [6.45, 7) is 3.78. The van der Waals surface area contributed by atoms with E-state index in [9.17, 15) is 4.79 Å². The standard InChI is InChI=1S/C12H18N2OS/c1-3-13-9-12(15)14-8-10-4-6-11(16-2)7-5-10/h4-7,13H,3,8-9H2,1-2H3,(H,14,15). The van der Waals surface area contributed by atoms with Gasteiger partial charge in [0, 0.05) is 11.4 Å². The minimum absolute atomic E-state index is 0.0378. The van der Waals surface area contributed by atoms with Crippen LogP contribution >= 0.6 is 11.8 Å². The van der Waals surface area contributed by atoms with Crippen molar-refractivity contribution in [1.82, 2.24) is 10.6 Å². The smallest absolute Gasteiger partial charge is 0.234 e. The van der Waals surface area contributed by atoms with Gasteiger partial charge in [-0.2, -0.15) is 0 Å². The largest absolute Gasteiger partial charge is 0.351 e. The highest BCUT2D eigenvalue weighted by Gasteiger charge is 1.99. The fourth-order valence-corrected chi connectivity index (χ4v) is 1.65. The average Bonchev–Trinajstić information content (AvgIpc) is 2.34. The quantitative estimate of drug-likeness (QED) is 0.740. The number of benzene rings is 1. The van der Waals surface area contributed by atoms with Crippen molar-refractivity contribution in [1.29, 1.82) is 0 Å². The van der Waals surface area contributed by atoms with E-state index in [4.69, 9.17) is 0 Å². The van der Waals surface area contributed by atoms with Crippen molar-refractivity contribution in [2.24, 2.45) is 0 Å². The van der Waals surface area contributed by atoms with Crippen LogP contribution in [0.25, 0.3) is 0 Å². The number of rotatable bonds is 6. The fraction of sp³-hybridized carbons (Fsp3) is 0.417. The Labute approximate surface area is 101 Å². The van der Waals surface area contributed by atoms with Crippen molar-refractivity contribution in [3.05, 3.63) is 29.8 Å². The number of carbonyl (C=O) groups is 1. The summed E-state index contributed by atoms with van der Waals surface area (Å²) in [7, 11) is 0. The molecule has 0 aromatic heterocycles. The van der Waals surface area contributed by atoms with E-state index in [0.717, 1.165) is 12.1 Å². The summed E-state index contributed by atoms with van der Waals surface area (Å²) in [4.78, 5) is 12.6. The zero-order valence-electron chi connectivity index (χ0n) is 9.75. The van der Waals surface area contributed by atoms with Gasteiger partial charge in [0.25, 0.3) is 0 Å². The highest BCUT2D eigenvalue weighted by molar-refractivity contribution is 7.98. The Hall–Kier alpha value is -1.00. The van der Waals surface area contributed by atoms with E-state index in [2.05, 4.69) is 22.8 Å². The van der Waals surface area contributed by atoms with Crippen molar-refractivity contribution in [2.75, 3.05) is 19.3 Å². The Morgan fingerprint density at radius 1 is 1.31 bits per heavy atom. The second-order valence-corrected chi connectivity index (χ2v) is 4.28. The Morgan fingerprint density at radius 3 is 2.56 bits per heavy atom. The summed E-state index contributed by atoms with van der Waals surface area (Å²) in [5.41, 5.74) is 1.13. The van der Waals surface area contributed by atoms with Crippen LogP contribution in [0.1, 0.15) is 12.5 Å². The van der Waals surface area contributed by atoms with Gasteiger partial charge in [-0.1, -0.05) is 19.1 Å². The summed E-state index contributed by atoms with van der Waals surface area (Å²) in [5.74, 6) is 0.0378. The minimum atomic E-state index is 0.0378. The first-order valence-corrected chi connectivity index (χ1v) is 6.59. The molecule has 1 aromatic carbocycles. The monoisotopic (exact) mass is 238 g/mol. The molecule has 0 heterocycles. The van der Waals surface area contributed by atoms with Gasteiger partial charge in [0.05, 0.1) is 6.54 Å². The molecule has 0 unspecified atom stereocenters. The molecule has 0 saturated heterocycles. The molecule has 88 valence electrons. The van der Waals surface area contributed by atoms with E-state index in [0.29, 0.717) is 13.1 Å². The van der Waals surface area contributed by atoms with E-state index in [1.165, 1.54) is 4.90 Å². The summed E-state index contributed by atoms with van der Waals surface area (Å²) < 4.78 is 0. The van der Waals surface area contributed by atoms with E-state index in [1.807, 2.05) is 25.3 Å². The molecule has 2 N–H and O–H groups in total. The van der Waals surface area contributed by atoms with Crippen LogP contribution < -0.4 is 10.6 Å². The third-order valence-electron chi connectivity index (χ3n) is 2.18. The van der Waals surface area contributed by atoms with Crippen molar-refractivity contribution in [3.63, 3.8) is 0 Å². The van der Waals surface area contributed by atoms with Gasteiger partial charge in [-0.05, 0) is 30.5 Å². The molecular formula is C12H18N2OS. The fourth-order valence-electron chi connectivity index (χ4n) is 1.25. The molecule has 0 atom stereocenters. The molecule has 1 amide bonds. The first-order valence-electron chi connectivity index (χ1n) is 5.36. The van der Waals surface area contributed by atoms with Gasteiger partial charge in [-0.25, -0.2) is 0 Å². The van der Waals surface area contributed by atoms with Gasteiger partial charge in [-0.3, -0.25) is 4.79 Å². The molecule has 3 nitrogen and oxygen atoms in total. The van der Waals surface area contributed by atoms with Gasteiger partial charge in [0.2, 0.25) is 5.91 Å². The highest BCUT2D eigenvalue weighted by atomic mass is 32.2. The van der Waals surface area contributed by atoms with Crippen LogP contribution in [-0.2, 0) is 11.3 Å². The van der Waals surface area contributed by atoms with Gasteiger partial charge in [-0.15, -0.1) is 11.8 Å². The number of thioether (sulfide) groups is 1. The van der Waals surface area contributed by atoms with Crippen molar-refractivity contribution in [3.8, 4) is 0 Å². The lowest BCUT2D eigenvalue weighted by atomic mass is 10.2. The normalized spacial score (nSPS) is 10.1. The Bertz CT molecular complexity index is 324. The molecule has 0 aliphatic rings. The zero-order valence-corrected chi connectivity index (χ0v) is 10.6. The van der Waals surface area contributed by atoms with Crippen LogP contribution in [0.2, 0.25) is 0 Å². The summed E-state index contributed by atoms with van der Waals surface area (Å²) in [6, 6.07) is 8.21. The molecule has 16 heavy (non-hydrogen) atoms. The van der Waals surface area contributed by atoms with Gasteiger partial charge >= 0.3 is 0 Å². The molecule has 1 aromatic rings. The number of likely N-dealkylation sites (N-methyl/N-ethyl adjacent to an activating group) is 1. The Kier molecular flexibility index (Phi) is 5.96. The number of hydrogen-bond acceptors (Lipinski definition) is 3. The van der Waals surface area contributed by atoms with E-state index < -0.39 is 0 Å². The molecule has 0 radical (unpaired) electrons. The SMILES string of the molecule is CCNCC(=O)NCc1ccc(SC)cc1. The third-order valence-corrected chi connectivity index (χ3v) is 2.93. The maximum Gasteiger partial charge on any atom is 0.234 e. The summed E-state index contributed by atoms with van der Waals surface area (Å²) >= 11 is 1.72. The first kappa shape index (κ1) is 13.1. The molecule has 0 fully saturated rings. The molecule has 0 aliphatic heterocycles. The van der Waals surface area contributed by atoms with Crippen LogP contribution in [0.5, 0.6) is 0 Å². The topological polar surface area (TPSA) is 41.1 Å². The molecule has 0 saturated carbocycles. The Balaban J connectivity index is 2.33. The number of nitrogens with one attached hydrogen (secondary N) is 2. The third kappa shape index (κ3) is 4.68. The lowest BCUT2D eigenvalue weighted by molar-refractivity contribution is -0.120. The second kappa shape index (κ2) is 7.30. The first-order chi connectivity index (χ1) is 7.76. The zero-order chi connectivity index (χ0) is 11.8.